The van der Waals surface area contributed by atoms with Gasteiger partial charge < -0.3 is 4.57 Å². The molecular weight excluding hydrogens is 721 g/mol. The molecular formula is C38H37ClIN5S. The summed E-state index contributed by atoms with van der Waals surface area (Å²) in [5.41, 5.74) is 9.04. The molecule has 6 rings (SSSR count). The molecule has 0 fully saturated rings. The highest BCUT2D eigenvalue weighted by molar-refractivity contribution is 14.1. The third-order valence-corrected chi connectivity index (χ3v) is 9.46. The average Bonchev–Trinajstić information content (AvgIpc) is 3.81. The second-order valence-electron chi connectivity index (χ2n) is 10.9. The van der Waals surface area contributed by atoms with Gasteiger partial charge in [-0.05, 0) is 71.7 Å². The number of thiazole rings is 1. The molecule has 0 aliphatic rings. The van der Waals surface area contributed by atoms with Gasteiger partial charge in [0.05, 0.1) is 12.0 Å². The normalized spacial score (nSPS) is 11.5. The third kappa shape index (κ3) is 8.13. The van der Waals surface area contributed by atoms with Crippen LogP contribution in [0.3, 0.4) is 0 Å². The van der Waals surface area contributed by atoms with Crippen LogP contribution in [0.4, 0.5) is 5.13 Å². The van der Waals surface area contributed by atoms with E-state index in [1.54, 1.807) is 17.5 Å². The van der Waals surface area contributed by atoms with Gasteiger partial charge in [-0.15, -0.1) is 11.3 Å². The van der Waals surface area contributed by atoms with E-state index in [0.29, 0.717) is 0 Å². The molecule has 0 bridgehead atoms. The summed E-state index contributed by atoms with van der Waals surface area (Å²) in [6.07, 6.45) is 10.4. The van der Waals surface area contributed by atoms with Gasteiger partial charge in [0, 0.05) is 43.2 Å². The smallest absolute Gasteiger partial charge is 0.203 e. The summed E-state index contributed by atoms with van der Waals surface area (Å²) in [5.74, 6) is 0. The van der Waals surface area contributed by atoms with Gasteiger partial charge in [0.15, 0.2) is 0 Å². The Morgan fingerprint density at radius 1 is 0.891 bits per heavy atom. The molecule has 0 aliphatic heterocycles. The van der Waals surface area contributed by atoms with Crippen LogP contribution < -0.4 is 5.43 Å². The van der Waals surface area contributed by atoms with E-state index in [-0.39, 0.29) is 0 Å². The molecule has 0 spiro atoms. The van der Waals surface area contributed by atoms with Crippen molar-refractivity contribution in [2.75, 3.05) is 5.43 Å². The Kier molecular flexibility index (Phi) is 12.2. The van der Waals surface area contributed by atoms with Gasteiger partial charge in [0.2, 0.25) is 5.13 Å². The van der Waals surface area contributed by atoms with E-state index in [1.165, 1.54) is 22.8 Å². The second-order valence-corrected chi connectivity index (χ2v) is 13.4. The quantitative estimate of drug-likeness (QED) is 0.0471. The number of nitrogens with zero attached hydrogens (tertiary/aromatic N) is 4. The van der Waals surface area contributed by atoms with Crippen molar-refractivity contribution in [2.24, 2.45) is 5.10 Å². The number of benzene rings is 4. The highest BCUT2D eigenvalue weighted by Crippen LogP contribution is 2.43. The predicted molar refractivity (Wildman–Crippen MR) is 203 cm³/mol. The molecule has 2 heterocycles. The summed E-state index contributed by atoms with van der Waals surface area (Å²) in [6.45, 7) is 4.28. The Labute approximate surface area is 294 Å². The lowest BCUT2D eigenvalue weighted by molar-refractivity contribution is 0.515. The van der Waals surface area contributed by atoms with E-state index in [4.69, 9.17) is 11.6 Å². The van der Waals surface area contributed by atoms with Crippen molar-refractivity contribution in [3.05, 3.63) is 159 Å². The van der Waals surface area contributed by atoms with Gasteiger partial charge in [0.1, 0.15) is 5.54 Å². The summed E-state index contributed by atoms with van der Waals surface area (Å²) in [4.78, 5) is 8.89. The molecule has 234 valence electrons. The lowest BCUT2D eigenvalue weighted by atomic mass is 9.76. The van der Waals surface area contributed by atoms with E-state index >= 15 is 0 Å². The molecule has 1 N–H and O–H groups in total. The summed E-state index contributed by atoms with van der Waals surface area (Å²) >= 11 is 10.6. The maximum absolute atomic E-state index is 6.69. The number of hydrazone groups is 1. The van der Waals surface area contributed by atoms with Gasteiger partial charge in [-0.2, -0.15) is 5.10 Å². The van der Waals surface area contributed by atoms with E-state index in [9.17, 15) is 0 Å². The van der Waals surface area contributed by atoms with E-state index < -0.39 is 5.54 Å². The Bertz CT molecular complexity index is 1760. The Balaban J connectivity index is 0.000000184. The van der Waals surface area contributed by atoms with Crippen LogP contribution >= 0.6 is 45.5 Å². The van der Waals surface area contributed by atoms with Crippen LogP contribution in [0, 0.1) is 3.57 Å². The minimum atomic E-state index is -0.586. The number of imidazole rings is 1. The first kappa shape index (κ1) is 33.6. The predicted octanol–water partition coefficient (Wildman–Crippen LogP) is 11.2. The first-order chi connectivity index (χ1) is 22.5. The maximum atomic E-state index is 6.69. The highest BCUT2D eigenvalue weighted by atomic mass is 127. The molecule has 2 aromatic heterocycles. The van der Waals surface area contributed by atoms with Crippen LogP contribution in [0.2, 0.25) is 5.02 Å². The number of unbranched alkanes of at least 4 members (excludes halogenated alkanes) is 2. The summed E-state index contributed by atoms with van der Waals surface area (Å²) in [7, 11) is 0. The number of aromatic nitrogens is 3. The maximum Gasteiger partial charge on any atom is 0.203 e. The monoisotopic (exact) mass is 757 g/mol. The molecule has 0 radical (unpaired) electrons. The van der Waals surface area contributed by atoms with Crippen molar-refractivity contribution in [3.8, 4) is 11.3 Å². The molecule has 4 aromatic carbocycles. The van der Waals surface area contributed by atoms with Gasteiger partial charge in [-0.1, -0.05) is 122 Å². The number of hydrogen-bond acceptors (Lipinski definition) is 5. The Morgan fingerprint density at radius 2 is 1.54 bits per heavy atom. The van der Waals surface area contributed by atoms with Gasteiger partial charge in [0.25, 0.3) is 0 Å². The Hall–Kier alpha value is -3.79. The lowest BCUT2D eigenvalue weighted by Crippen LogP contribution is -2.37. The van der Waals surface area contributed by atoms with Crippen LogP contribution in [0.25, 0.3) is 11.3 Å². The first-order valence-electron chi connectivity index (χ1n) is 15.4. The van der Waals surface area contributed by atoms with Crippen LogP contribution in [-0.2, 0) is 5.54 Å². The topological polar surface area (TPSA) is 55.1 Å². The largest absolute Gasteiger partial charge is 0.319 e. The van der Waals surface area contributed by atoms with E-state index in [1.807, 2.05) is 42.9 Å². The summed E-state index contributed by atoms with van der Waals surface area (Å²) in [6, 6.07) is 37.2. The fourth-order valence-corrected chi connectivity index (χ4v) is 6.69. The minimum Gasteiger partial charge on any atom is -0.319 e. The van der Waals surface area contributed by atoms with Crippen LogP contribution in [0.15, 0.2) is 138 Å². The summed E-state index contributed by atoms with van der Waals surface area (Å²) < 4.78 is 3.36. The highest BCUT2D eigenvalue weighted by Gasteiger charge is 2.39. The van der Waals surface area contributed by atoms with Crippen molar-refractivity contribution in [3.63, 3.8) is 0 Å². The molecule has 8 heteroatoms. The van der Waals surface area contributed by atoms with Crippen molar-refractivity contribution in [2.45, 2.75) is 45.1 Å². The molecule has 46 heavy (non-hydrogen) atoms. The number of halogens is 2. The van der Waals surface area contributed by atoms with E-state index in [2.05, 4.69) is 146 Å². The molecule has 0 saturated heterocycles. The molecule has 0 atom stereocenters. The molecule has 0 aliphatic carbocycles. The van der Waals surface area contributed by atoms with Crippen molar-refractivity contribution < 1.29 is 0 Å². The fourth-order valence-electron chi connectivity index (χ4n) is 5.39. The van der Waals surface area contributed by atoms with Crippen LogP contribution in [0.5, 0.6) is 0 Å². The standard InChI is InChI=1S/C22H17ClN2.C16H20IN3S/c23-21-14-8-7-13-20(21)22(25-16-15-24-17-25,18-9-3-1-4-10-18)19-11-5-2-6-12-19;1-3-4-5-6-12(2)19-20-16-18-15(11-21-16)13-7-9-14(17)10-8-13/h1-17H;7-11H,3-6H2,1-2H3,(H,18,20)/b;19-12+. The summed E-state index contributed by atoms with van der Waals surface area (Å²) in [5, 5.41) is 8.03. The SMILES string of the molecule is CCCCC/C(C)=N/Nc1nc(-c2ccc(I)cc2)cs1.Clc1ccccc1C(c1ccccc1)(c1ccccc1)n1ccnc1. The second kappa shape index (κ2) is 16.7. The number of rotatable bonds is 11. The zero-order valence-electron chi connectivity index (χ0n) is 26.0. The average molecular weight is 758 g/mol. The van der Waals surface area contributed by atoms with Crippen LogP contribution in [-0.4, -0.2) is 20.2 Å². The minimum absolute atomic E-state index is 0.586. The zero-order valence-corrected chi connectivity index (χ0v) is 29.7. The Morgan fingerprint density at radius 3 is 2.15 bits per heavy atom. The van der Waals surface area contributed by atoms with Gasteiger partial charge in [-0.3, -0.25) is 5.43 Å². The molecule has 5 nitrogen and oxygen atoms in total. The zero-order chi connectivity index (χ0) is 32.2. The van der Waals surface area contributed by atoms with Crippen molar-refractivity contribution >= 4 is 56.4 Å². The number of hydrogen-bond donors (Lipinski definition) is 1. The van der Waals surface area contributed by atoms with Gasteiger partial charge in [-0.25, -0.2) is 9.97 Å². The molecule has 0 unspecified atom stereocenters. The number of nitrogens with one attached hydrogen (secondary N) is 1. The molecule has 6 aromatic rings. The van der Waals surface area contributed by atoms with Crippen molar-refractivity contribution in [1.82, 2.24) is 14.5 Å². The van der Waals surface area contributed by atoms with Crippen LogP contribution in [0.1, 0.15) is 56.2 Å². The first-order valence-corrected chi connectivity index (χ1v) is 17.7. The third-order valence-electron chi connectivity index (χ3n) is 7.67. The fraction of sp³-hybridized carbons (Fsp3) is 0.184. The lowest BCUT2D eigenvalue weighted by Gasteiger charge is -2.37. The number of anilines is 1. The van der Waals surface area contributed by atoms with E-state index in [0.717, 1.165) is 50.2 Å². The molecule has 0 saturated carbocycles. The molecule has 0 amide bonds. The van der Waals surface area contributed by atoms with Crippen molar-refractivity contribution in [1.29, 1.82) is 0 Å². The van der Waals surface area contributed by atoms with Gasteiger partial charge >= 0.3 is 0 Å².